The van der Waals surface area contributed by atoms with Crippen molar-refractivity contribution in [2.24, 2.45) is 5.73 Å². The van der Waals surface area contributed by atoms with E-state index in [0.717, 1.165) is 22.2 Å². The van der Waals surface area contributed by atoms with Crippen LogP contribution in [0.15, 0.2) is 36.5 Å². The molecule has 0 saturated heterocycles. The third-order valence-electron chi connectivity index (χ3n) is 3.70. The van der Waals surface area contributed by atoms with Crippen LogP contribution in [0.5, 0.6) is 11.5 Å². The van der Waals surface area contributed by atoms with E-state index in [2.05, 4.69) is 4.98 Å². The highest BCUT2D eigenvalue weighted by atomic mass is 16.5. The van der Waals surface area contributed by atoms with Crippen molar-refractivity contribution in [2.45, 2.75) is 13.8 Å². The maximum atomic E-state index is 11.6. The number of nitrogens with two attached hydrogens (primary N) is 2. The molecule has 0 aliphatic heterocycles. The van der Waals surface area contributed by atoms with Gasteiger partial charge in [-0.05, 0) is 43.7 Å². The van der Waals surface area contributed by atoms with Crippen molar-refractivity contribution in [3.8, 4) is 11.5 Å². The molecule has 4 N–H and O–H groups in total. The van der Waals surface area contributed by atoms with Crippen LogP contribution in [-0.2, 0) is 0 Å². The zero-order chi connectivity index (χ0) is 15.9. The lowest BCUT2D eigenvalue weighted by Gasteiger charge is -2.07. The summed E-state index contributed by atoms with van der Waals surface area (Å²) in [6.07, 6.45) is 1.59. The van der Waals surface area contributed by atoms with Crippen molar-refractivity contribution in [1.82, 2.24) is 9.55 Å². The molecule has 1 amide bonds. The Morgan fingerprint density at radius 2 is 1.91 bits per heavy atom. The lowest BCUT2D eigenvalue weighted by atomic mass is 10.1. The topological polar surface area (TPSA) is 96.2 Å². The fraction of sp³-hybridized carbons (Fsp3) is 0.125. The molecule has 0 saturated carbocycles. The molecule has 0 fully saturated rings. The number of rotatable bonds is 2. The number of primary amides is 1. The van der Waals surface area contributed by atoms with Crippen LogP contribution in [0.2, 0.25) is 0 Å². The first-order valence-electron chi connectivity index (χ1n) is 6.78. The maximum Gasteiger partial charge on any atom is 0.323 e. The van der Waals surface area contributed by atoms with Gasteiger partial charge in [-0.2, -0.15) is 0 Å². The number of carbonyl (C=O) groups is 1. The van der Waals surface area contributed by atoms with Gasteiger partial charge >= 0.3 is 6.03 Å². The Morgan fingerprint density at radius 3 is 2.59 bits per heavy atom. The fourth-order valence-corrected chi connectivity index (χ4v) is 2.53. The molecule has 0 atom stereocenters. The first-order chi connectivity index (χ1) is 10.5. The molecule has 0 radical (unpaired) electrons. The number of hydrogen-bond acceptors (Lipinski definition) is 4. The lowest BCUT2D eigenvalue weighted by Crippen LogP contribution is -2.20. The molecule has 22 heavy (non-hydrogen) atoms. The summed E-state index contributed by atoms with van der Waals surface area (Å²) in [6.45, 7) is 3.81. The van der Waals surface area contributed by atoms with E-state index in [0.29, 0.717) is 17.3 Å². The Labute approximate surface area is 127 Å². The molecule has 6 nitrogen and oxygen atoms in total. The number of anilines is 1. The minimum atomic E-state index is -0.494. The van der Waals surface area contributed by atoms with E-state index in [9.17, 15) is 4.79 Å². The Hall–Kier alpha value is -3.02. The Kier molecular flexibility index (Phi) is 3.21. The monoisotopic (exact) mass is 296 g/mol. The molecular weight excluding hydrogens is 280 g/mol. The van der Waals surface area contributed by atoms with Gasteiger partial charge in [0, 0.05) is 23.3 Å². The van der Waals surface area contributed by atoms with Gasteiger partial charge < -0.3 is 16.2 Å². The second kappa shape index (κ2) is 5.07. The standard InChI is InChI=1S/C16H16N4O2/c1-9-10(2)20(16(18)21)14-4-3-11(7-13(9)14)22-12-5-6-19-15(17)8-12/h3-8H,1-2H3,(H2,17,19)(H2,18,21). The second-order valence-electron chi connectivity index (χ2n) is 5.08. The minimum Gasteiger partial charge on any atom is -0.457 e. The van der Waals surface area contributed by atoms with E-state index >= 15 is 0 Å². The molecule has 3 rings (SSSR count). The average Bonchev–Trinajstić information content (AvgIpc) is 2.71. The summed E-state index contributed by atoms with van der Waals surface area (Å²) in [6, 6.07) is 8.38. The highest BCUT2D eigenvalue weighted by molar-refractivity contribution is 5.95. The van der Waals surface area contributed by atoms with Crippen molar-refractivity contribution in [3.05, 3.63) is 47.8 Å². The van der Waals surface area contributed by atoms with Gasteiger partial charge in [0.05, 0.1) is 5.52 Å². The number of hydrogen-bond donors (Lipinski definition) is 2. The molecule has 0 aliphatic rings. The first-order valence-corrected chi connectivity index (χ1v) is 6.78. The molecule has 1 aromatic carbocycles. The second-order valence-corrected chi connectivity index (χ2v) is 5.08. The van der Waals surface area contributed by atoms with E-state index in [1.165, 1.54) is 4.57 Å². The van der Waals surface area contributed by atoms with E-state index < -0.39 is 6.03 Å². The third-order valence-corrected chi connectivity index (χ3v) is 3.70. The number of amides is 1. The molecule has 0 bridgehead atoms. The number of aryl methyl sites for hydroxylation is 1. The van der Waals surface area contributed by atoms with Crippen molar-refractivity contribution in [3.63, 3.8) is 0 Å². The van der Waals surface area contributed by atoms with Crippen LogP contribution in [0, 0.1) is 13.8 Å². The smallest absolute Gasteiger partial charge is 0.323 e. The van der Waals surface area contributed by atoms with Crippen LogP contribution in [-0.4, -0.2) is 15.6 Å². The van der Waals surface area contributed by atoms with Gasteiger partial charge in [0.2, 0.25) is 0 Å². The van der Waals surface area contributed by atoms with E-state index in [1.54, 1.807) is 24.4 Å². The van der Waals surface area contributed by atoms with Crippen molar-refractivity contribution in [1.29, 1.82) is 0 Å². The van der Waals surface area contributed by atoms with Crippen LogP contribution in [0.4, 0.5) is 10.6 Å². The number of ether oxygens (including phenoxy) is 1. The largest absolute Gasteiger partial charge is 0.457 e. The van der Waals surface area contributed by atoms with E-state index in [1.807, 2.05) is 26.0 Å². The Balaban J connectivity index is 2.07. The molecule has 0 aliphatic carbocycles. The molecule has 0 unspecified atom stereocenters. The van der Waals surface area contributed by atoms with Crippen molar-refractivity contribution >= 4 is 22.8 Å². The molecule has 2 heterocycles. The number of nitrogens with zero attached hydrogens (tertiary/aromatic N) is 2. The summed E-state index contributed by atoms with van der Waals surface area (Å²) in [5, 5.41) is 0.927. The summed E-state index contributed by atoms with van der Waals surface area (Å²) in [7, 11) is 0. The summed E-state index contributed by atoms with van der Waals surface area (Å²) < 4.78 is 7.29. The van der Waals surface area contributed by atoms with E-state index in [4.69, 9.17) is 16.2 Å². The normalized spacial score (nSPS) is 10.8. The van der Waals surface area contributed by atoms with Crippen LogP contribution in [0.3, 0.4) is 0 Å². The van der Waals surface area contributed by atoms with Crippen molar-refractivity contribution in [2.75, 3.05) is 5.73 Å². The number of benzene rings is 1. The maximum absolute atomic E-state index is 11.6. The molecule has 6 heteroatoms. The molecule has 0 spiro atoms. The molecule has 3 aromatic rings. The van der Waals surface area contributed by atoms with E-state index in [-0.39, 0.29) is 0 Å². The van der Waals surface area contributed by atoms with Crippen LogP contribution >= 0.6 is 0 Å². The zero-order valence-electron chi connectivity index (χ0n) is 12.3. The van der Waals surface area contributed by atoms with Crippen LogP contribution in [0.25, 0.3) is 10.9 Å². The van der Waals surface area contributed by atoms with Gasteiger partial charge in [0.25, 0.3) is 0 Å². The third kappa shape index (κ3) is 2.24. The lowest BCUT2D eigenvalue weighted by molar-refractivity contribution is 0.251. The van der Waals surface area contributed by atoms with Gasteiger partial charge in [-0.3, -0.25) is 4.57 Å². The molecular formula is C16H16N4O2. The molecule has 112 valence electrons. The highest BCUT2D eigenvalue weighted by Crippen LogP contribution is 2.30. The van der Waals surface area contributed by atoms with Gasteiger partial charge in [-0.15, -0.1) is 0 Å². The highest BCUT2D eigenvalue weighted by Gasteiger charge is 2.15. The van der Waals surface area contributed by atoms with Gasteiger partial charge in [-0.1, -0.05) is 0 Å². The van der Waals surface area contributed by atoms with Gasteiger partial charge in [0.1, 0.15) is 17.3 Å². The first kappa shape index (κ1) is 13.9. The summed E-state index contributed by atoms with van der Waals surface area (Å²) >= 11 is 0. The number of nitrogen functional groups attached to an aromatic ring is 1. The summed E-state index contributed by atoms with van der Waals surface area (Å²) in [5.74, 6) is 1.66. The number of carbonyl (C=O) groups excluding carboxylic acids is 1. The summed E-state index contributed by atoms with van der Waals surface area (Å²) in [4.78, 5) is 15.5. The fourth-order valence-electron chi connectivity index (χ4n) is 2.53. The van der Waals surface area contributed by atoms with Crippen LogP contribution < -0.4 is 16.2 Å². The SMILES string of the molecule is Cc1c(C)n(C(N)=O)c2ccc(Oc3ccnc(N)c3)cc12. The predicted molar refractivity (Wildman–Crippen MR) is 85.1 cm³/mol. The number of aromatic nitrogens is 2. The molecule has 2 aromatic heterocycles. The zero-order valence-corrected chi connectivity index (χ0v) is 12.3. The number of fused-ring (bicyclic) bond motifs is 1. The summed E-state index contributed by atoms with van der Waals surface area (Å²) in [5.41, 5.74) is 13.7. The van der Waals surface area contributed by atoms with Crippen molar-refractivity contribution < 1.29 is 9.53 Å². The predicted octanol–water partition coefficient (Wildman–Crippen LogP) is 2.95. The minimum absolute atomic E-state index is 0.394. The Morgan fingerprint density at radius 1 is 1.18 bits per heavy atom. The quantitative estimate of drug-likeness (QED) is 0.759. The average molecular weight is 296 g/mol. The van der Waals surface area contributed by atoms with Gasteiger partial charge in [0.15, 0.2) is 0 Å². The van der Waals surface area contributed by atoms with Gasteiger partial charge in [-0.25, -0.2) is 9.78 Å². The number of pyridine rings is 1. The Bertz CT molecular complexity index is 883. The van der Waals surface area contributed by atoms with Crippen LogP contribution in [0.1, 0.15) is 11.3 Å².